The number of hydrogen-bond acceptors (Lipinski definition) is 1. The maximum Gasteiger partial charge on any atom is 0.166 e. The lowest BCUT2D eigenvalue weighted by Gasteiger charge is -2.38. The lowest BCUT2D eigenvalue weighted by molar-refractivity contribution is 0.156. The summed E-state index contributed by atoms with van der Waals surface area (Å²) in [6.07, 6.45) is 19.7. The third-order valence-electron chi connectivity index (χ3n) is 8.38. The van der Waals surface area contributed by atoms with Crippen molar-refractivity contribution in [2.75, 3.05) is 0 Å². The van der Waals surface area contributed by atoms with Gasteiger partial charge in [-0.2, -0.15) is 0 Å². The minimum Gasteiger partial charge on any atom is -0.487 e. The molecule has 2 aliphatic rings. The molecule has 0 heterocycles. The Balaban J connectivity index is 1.49. The quantitative estimate of drug-likeness (QED) is 0.235. The van der Waals surface area contributed by atoms with E-state index >= 15 is 0 Å². The fraction of sp³-hybridized carbons (Fsp3) is 0.793. The summed E-state index contributed by atoms with van der Waals surface area (Å²) in [5.74, 6) is 3.63. The van der Waals surface area contributed by atoms with Crippen molar-refractivity contribution in [3.8, 4) is 5.75 Å². The van der Waals surface area contributed by atoms with E-state index in [0.29, 0.717) is 11.7 Å². The molecule has 3 rings (SSSR count). The van der Waals surface area contributed by atoms with Crippen LogP contribution in [0.4, 0.5) is 4.39 Å². The number of ether oxygens (including phenoxy) is 1. The first-order valence-electron chi connectivity index (χ1n) is 13.8. The van der Waals surface area contributed by atoms with Crippen molar-refractivity contribution < 1.29 is 9.13 Å². The van der Waals surface area contributed by atoms with E-state index in [1.165, 1.54) is 89.0 Å². The third-order valence-corrected chi connectivity index (χ3v) is 8.81. The van der Waals surface area contributed by atoms with Crippen LogP contribution in [0.25, 0.3) is 0 Å². The van der Waals surface area contributed by atoms with Gasteiger partial charge in [-0.15, -0.1) is 9.24 Å². The van der Waals surface area contributed by atoms with Crippen molar-refractivity contribution in [3.63, 3.8) is 0 Å². The molecule has 2 atom stereocenters. The van der Waals surface area contributed by atoms with Gasteiger partial charge in [0.15, 0.2) is 11.6 Å². The standard InChI is InChI=1S/C29H48FOP/c1-4-6-7-8-10-21(3)31-29-27(30)19-26(20-28(29)32)25-17-15-24(16-18-25)23-13-11-22(9-5-2)12-14-23/h19-25H,4-18,32H2,1-3H3. The first-order valence-corrected chi connectivity index (χ1v) is 14.3. The van der Waals surface area contributed by atoms with Gasteiger partial charge in [0.25, 0.3) is 0 Å². The van der Waals surface area contributed by atoms with E-state index < -0.39 is 0 Å². The second kappa shape index (κ2) is 13.3. The minimum atomic E-state index is -0.177. The molecule has 182 valence electrons. The fourth-order valence-electron chi connectivity index (χ4n) is 6.40. The molecule has 1 aromatic rings. The summed E-state index contributed by atoms with van der Waals surface area (Å²) >= 11 is 0. The van der Waals surface area contributed by atoms with E-state index in [9.17, 15) is 4.39 Å². The average molecular weight is 463 g/mol. The van der Waals surface area contributed by atoms with Gasteiger partial charge >= 0.3 is 0 Å². The Bertz CT molecular complexity index is 651. The summed E-state index contributed by atoms with van der Waals surface area (Å²) in [6, 6.07) is 3.95. The highest BCUT2D eigenvalue weighted by Crippen LogP contribution is 2.44. The van der Waals surface area contributed by atoms with Crippen LogP contribution in [-0.2, 0) is 0 Å². The Kier molecular flexibility index (Phi) is 10.8. The van der Waals surface area contributed by atoms with E-state index in [-0.39, 0.29) is 11.9 Å². The van der Waals surface area contributed by atoms with Crippen LogP contribution in [0, 0.1) is 23.6 Å². The summed E-state index contributed by atoms with van der Waals surface area (Å²) in [5.41, 5.74) is 1.18. The molecule has 2 saturated carbocycles. The zero-order chi connectivity index (χ0) is 22.9. The molecular formula is C29H48FOP. The SMILES string of the molecule is CCCCCCC(C)Oc1c(F)cc(C2CCC(C3CCC(CCC)CC3)CC2)cc1P. The number of halogens is 1. The third kappa shape index (κ3) is 7.44. The van der Waals surface area contributed by atoms with Crippen molar-refractivity contribution in [3.05, 3.63) is 23.5 Å². The van der Waals surface area contributed by atoms with Gasteiger partial charge in [-0.05, 0) is 99.7 Å². The van der Waals surface area contributed by atoms with Gasteiger partial charge in [0.1, 0.15) is 0 Å². The predicted molar refractivity (Wildman–Crippen MR) is 140 cm³/mol. The zero-order valence-corrected chi connectivity index (χ0v) is 22.2. The molecule has 0 saturated heterocycles. The smallest absolute Gasteiger partial charge is 0.166 e. The number of benzene rings is 1. The van der Waals surface area contributed by atoms with Crippen molar-refractivity contribution >= 4 is 14.5 Å². The molecule has 1 nitrogen and oxygen atoms in total. The normalized spacial score (nSPS) is 27.3. The van der Waals surface area contributed by atoms with Crippen LogP contribution in [0.3, 0.4) is 0 Å². The van der Waals surface area contributed by atoms with Gasteiger partial charge in [0.05, 0.1) is 6.10 Å². The van der Waals surface area contributed by atoms with Crippen molar-refractivity contribution in [2.24, 2.45) is 17.8 Å². The van der Waals surface area contributed by atoms with Gasteiger partial charge in [0.2, 0.25) is 0 Å². The molecule has 0 N–H and O–H groups in total. The van der Waals surface area contributed by atoms with Crippen LogP contribution in [0.1, 0.15) is 129 Å². The highest BCUT2D eigenvalue weighted by Gasteiger charge is 2.31. The monoisotopic (exact) mass is 462 g/mol. The zero-order valence-electron chi connectivity index (χ0n) is 21.0. The Labute approximate surface area is 199 Å². The molecule has 1 aromatic carbocycles. The first-order chi connectivity index (χ1) is 15.5. The summed E-state index contributed by atoms with van der Waals surface area (Å²) in [7, 11) is 2.73. The van der Waals surface area contributed by atoms with Crippen molar-refractivity contribution in [1.82, 2.24) is 0 Å². The largest absolute Gasteiger partial charge is 0.487 e. The molecule has 2 aliphatic carbocycles. The molecule has 0 aliphatic heterocycles. The molecule has 0 amide bonds. The minimum absolute atomic E-state index is 0.0642. The average Bonchev–Trinajstić information content (AvgIpc) is 2.80. The first kappa shape index (κ1) is 26.0. The Hall–Kier alpha value is -0.620. The molecule has 0 spiro atoms. The molecule has 3 heteroatoms. The lowest BCUT2D eigenvalue weighted by Crippen LogP contribution is -2.25. The number of hydrogen-bond donors (Lipinski definition) is 0. The Morgan fingerprint density at radius 3 is 2.16 bits per heavy atom. The van der Waals surface area contributed by atoms with Gasteiger partial charge < -0.3 is 4.74 Å². The topological polar surface area (TPSA) is 9.23 Å². The molecule has 0 aromatic heterocycles. The second-order valence-corrected chi connectivity index (χ2v) is 11.5. The van der Waals surface area contributed by atoms with Crippen molar-refractivity contribution in [1.29, 1.82) is 0 Å². The van der Waals surface area contributed by atoms with Gasteiger partial charge in [0, 0.05) is 5.30 Å². The number of unbranched alkanes of at least 4 members (excludes halogenated alkanes) is 3. The number of rotatable bonds is 11. The highest BCUT2D eigenvalue weighted by molar-refractivity contribution is 7.27. The van der Waals surface area contributed by atoms with E-state index in [2.05, 4.69) is 36.1 Å². The summed E-state index contributed by atoms with van der Waals surface area (Å²) in [4.78, 5) is 0. The fourth-order valence-corrected chi connectivity index (χ4v) is 6.79. The summed E-state index contributed by atoms with van der Waals surface area (Å²) in [6.45, 7) is 6.62. The predicted octanol–water partition coefficient (Wildman–Crippen LogP) is 8.94. The molecule has 2 fully saturated rings. The van der Waals surface area contributed by atoms with Gasteiger partial charge in [-0.3, -0.25) is 0 Å². The van der Waals surface area contributed by atoms with E-state index in [0.717, 1.165) is 35.9 Å². The maximum absolute atomic E-state index is 15.0. The molecule has 2 unspecified atom stereocenters. The second-order valence-electron chi connectivity index (χ2n) is 10.9. The van der Waals surface area contributed by atoms with Crippen molar-refractivity contribution in [2.45, 2.75) is 129 Å². The van der Waals surface area contributed by atoms with Crippen LogP contribution in [0.2, 0.25) is 0 Å². The van der Waals surface area contributed by atoms with Gasteiger partial charge in [-0.25, -0.2) is 4.39 Å². The molecule has 0 bridgehead atoms. The van der Waals surface area contributed by atoms with Crippen LogP contribution in [0.5, 0.6) is 5.75 Å². The summed E-state index contributed by atoms with van der Waals surface area (Å²) < 4.78 is 21.0. The van der Waals surface area contributed by atoms with Crippen LogP contribution >= 0.6 is 9.24 Å². The van der Waals surface area contributed by atoms with E-state index in [4.69, 9.17) is 4.74 Å². The van der Waals surface area contributed by atoms with Gasteiger partial charge in [-0.1, -0.05) is 58.8 Å². The Morgan fingerprint density at radius 1 is 0.906 bits per heavy atom. The Morgan fingerprint density at radius 2 is 1.56 bits per heavy atom. The van der Waals surface area contributed by atoms with Crippen LogP contribution in [0.15, 0.2) is 12.1 Å². The lowest BCUT2D eigenvalue weighted by atomic mass is 9.68. The molecular weight excluding hydrogens is 414 g/mol. The highest BCUT2D eigenvalue weighted by atomic mass is 31.0. The molecule has 32 heavy (non-hydrogen) atoms. The summed E-state index contributed by atoms with van der Waals surface area (Å²) in [5, 5.41) is 0.886. The van der Waals surface area contributed by atoms with E-state index in [1.807, 2.05) is 0 Å². The maximum atomic E-state index is 15.0. The molecule has 0 radical (unpaired) electrons. The van der Waals surface area contributed by atoms with E-state index in [1.54, 1.807) is 6.07 Å². The van der Waals surface area contributed by atoms with Crippen LogP contribution < -0.4 is 10.0 Å². The van der Waals surface area contributed by atoms with Crippen LogP contribution in [-0.4, -0.2) is 6.10 Å².